The first-order valence-corrected chi connectivity index (χ1v) is 8.69. The SMILES string of the molecule is SSc1ccc(/C=C/c2ccc(-c3ccccn3)nc2)cc1. The average molecular weight is 322 g/mol. The Hall–Kier alpha value is -2.04. The van der Waals surface area contributed by atoms with Crippen molar-refractivity contribution in [3.8, 4) is 11.4 Å². The highest BCUT2D eigenvalue weighted by Crippen LogP contribution is 2.22. The lowest BCUT2D eigenvalue weighted by molar-refractivity contribution is 1.24. The fourth-order valence-electron chi connectivity index (χ4n) is 2.00. The minimum Gasteiger partial charge on any atom is -0.255 e. The Morgan fingerprint density at radius 2 is 1.50 bits per heavy atom. The number of benzene rings is 1. The summed E-state index contributed by atoms with van der Waals surface area (Å²) in [5.41, 5.74) is 3.98. The fourth-order valence-corrected chi connectivity index (χ4v) is 2.62. The van der Waals surface area contributed by atoms with Gasteiger partial charge in [-0.15, -0.1) is 11.7 Å². The van der Waals surface area contributed by atoms with Crippen molar-refractivity contribution in [2.24, 2.45) is 0 Å². The summed E-state index contributed by atoms with van der Waals surface area (Å²) >= 11 is 4.18. The number of pyridine rings is 2. The zero-order valence-corrected chi connectivity index (χ0v) is 13.5. The largest absolute Gasteiger partial charge is 0.255 e. The van der Waals surface area contributed by atoms with Crippen molar-refractivity contribution in [2.75, 3.05) is 0 Å². The van der Waals surface area contributed by atoms with Crippen molar-refractivity contribution in [1.82, 2.24) is 9.97 Å². The predicted octanol–water partition coefficient (Wildman–Crippen LogP) is 5.25. The Balaban J connectivity index is 1.74. The van der Waals surface area contributed by atoms with Gasteiger partial charge in [-0.25, -0.2) is 0 Å². The van der Waals surface area contributed by atoms with Crippen molar-refractivity contribution in [2.45, 2.75) is 4.90 Å². The molecule has 0 amide bonds. The molecule has 2 nitrogen and oxygen atoms in total. The molecule has 108 valence electrons. The predicted molar refractivity (Wildman–Crippen MR) is 97.7 cm³/mol. The van der Waals surface area contributed by atoms with Crippen LogP contribution in [-0.2, 0) is 0 Å². The Bertz CT molecular complexity index is 751. The molecule has 0 radical (unpaired) electrons. The topological polar surface area (TPSA) is 25.8 Å². The molecule has 2 heterocycles. The van der Waals surface area contributed by atoms with Crippen LogP contribution in [0.5, 0.6) is 0 Å². The van der Waals surface area contributed by atoms with Gasteiger partial charge in [0.2, 0.25) is 0 Å². The van der Waals surface area contributed by atoms with Crippen molar-refractivity contribution >= 4 is 34.6 Å². The van der Waals surface area contributed by atoms with Crippen molar-refractivity contribution in [3.05, 3.63) is 78.1 Å². The third kappa shape index (κ3) is 3.78. The summed E-state index contributed by atoms with van der Waals surface area (Å²) in [4.78, 5) is 9.90. The standard InChI is InChI=1S/C18H14N2S2/c21-22-16-9-6-14(7-10-16)4-5-15-8-11-18(20-13-15)17-3-1-2-12-19-17/h1-13,21H/b5-4+. The van der Waals surface area contributed by atoms with Crippen LogP contribution in [0.4, 0.5) is 0 Å². The van der Waals surface area contributed by atoms with Gasteiger partial charge in [0, 0.05) is 17.3 Å². The van der Waals surface area contributed by atoms with Crippen molar-refractivity contribution in [3.63, 3.8) is 0 Å². The molecule has 22 heavy (non-hydrogen) atoms. The summed E-state index contributed by atoms with van der Waals surface area (Å²) in [6.07, 6.45) is 7.76. The molecule has 0 fully saturated rings. The Labute approximate surface area is 139 Å². The number of nitrogens with zero attached hydrogens (tertiary/aromatic N) is 2. The zero-order valence-electron chi connectivity index (χ0n) is 11.8. The van der Waals surface area contributed by atoms with Crippen LogP contribution < -0.4 is 0 Å². The summed E-state index contributed by atoms with van der Waals surface area (Å²) in [6.45, 7) is 0. The van der Waals surface area contributed by atoms with E-state index < -0.39 is 0 Å². The van der Waals surface area contributed by atoms with E-state index in [0.29, 0.717) is 0 Å². The lowest BCUT2D eigenvalue weighted by Crippen LogP contribution is -1.86. The third-order valence-corrected chi connectivity index (χ3v) is 4.28. The highest BCUT2D eigenvalue weighted by atomic mass is 33.1. The molecule has 0 aliphatic rings. The van der Waals surface area contributed by atoms with Gasteiger partial charge in [0.15, 0.2) is 0 Å². The van der Waals surface area contributed by atoms with Gasteiger partial charge >= 0.3 is 0 Å². The Morgan fingerprint density at radius 3 is 2.14 bits per heavy atom. The van der Waals surface area contributed by atoms with E-state index in [4.69, 9.17) is 0 Å². The van der Waals surface area contributed by atoms with Crippen LogP contribution in [0, 0.1) is 0 Å². The highest BCUT2D eigenvalue weighted by molar-refractivity contribution is 8.68. The molecule has 0 bridgehead atoms. The smallest absolute Gasteiger partial charge is 0.0886 e. The first-order chi connectivity index (χ1) is 10.8. The monoisotopic (exact) mass is 322 g/mol. The van der Waals surface area contributed by atoms with Crippen LogP contribution in [-0.4, -0.2) is 9.97 Å². The van der Waals surface area contributed by atoms with Gasteiger partial charge in [0.05, 0.1) is 11.4 Å². The second kappa shape index (κ2) is 7.29. The van der Waals surface area contributed by atoms with Crippen molar-refractivity contribution < 1.29 is 0 Å². The van der Waals surface area contributed by atoms with E-state index in [9.17, 15) is 0 Å². The molecular weight excluding hydrogens is 308 g/mol. The van der Waals surface area contributed by atoms with E-state index >= 15 is 0 Å². The Kier molecular flexibility index (Phi) is 4.93. The quantitative estimate of drug-likeness (QED) is 0.524. The number of thiol groups is 1. The molecule has 0 saturated carbocycles. The minimum absolute atomic E-state index is 0.882. The molecule has 0 aliphatic carbocycles. The third-order valence-electron chi connectivity index (χ3n) is 3.17. The van der Waals surface area contributed by atoms with Crippen LogP contribution >= 0.6 is 22.5 Å². The van der Waals surface area contributed by atoms with E-state index in [1.165, 1.54) is 10.8 Å². The van der Waals surface area contributed by atoms with Crippen LogP contribution in [0.1, 0.15) is 11.1 Å². The second-order valence-corrected chi connectivity index (χ2v) is 5.89. The first-order valence-electron chi connectivity index (χ1n) is 6.82. The summed E-state index contributed by atoms with van der Waals surface area (Å²) < 4.78 is 0. The number of hydrogen-bond acceptors (Lipinski definition) is 4. The van der Waals surface area contributed by atoms with E-state index in [0.717, 1.165) is 27.4 Å². The maximum absolute atomic E-state index is 4.46. The van der Waals surface area contributed by atoms with Crippen LogP contribution in [0.2, 0.25) is 0 Å². The summed E-state index contributed by atoms with van der Waals surface area (Å²) in [6, 6.07) is 18.1. The van der Waals surface area contributed by atoms with E-state index in [2.05, 4.69) is 58.0 Å². The number of aromatic nitrogens is 2. The lowest BCUT2D eigenvalue weighted by atomic mass is 10.1. The van der Waals surface area contributed by atoms with Gasteiger partial charge in [-0.05, 0) is 41.5 Å². The zero-order chi connectivity index (χ0) is 15.2. The van der Waals surface area contributed by atoms with Crippen LogP contribution in [0.25, 0.3) is 23.5 Å². The highest BCUT2D eigenvalue weighted by Gasteiger charge is 1.98. The molecule has 3 rings (SSSR count). The van der Waals surface area contributed by atoms with E-state index in [1.807, 2.05) is 36.5 Å². The molecule has 4 heteroatoms. The summed E-state index contributed by atoms with van der Waals surface area (Å²) in [7, 11) is 1.45. The van der Waals surface area contributed by atoms with E-state index in [-0.39, 0.29) is 0 Å². The first kappa shape index (κ1) is 14.9. The molecule has 0 unspecified atom stereocenters. The summed E-state index contributed by atoms with van der Waals surface area (Å²) in [5, 5.41) is 0. The molecule has 0 spiro atoms. The molecule has 0 N–H and O–H groups in total. The molecule has 0 saturated heterocycles. The number of rotatable bonds is 4. The maximum atomic E-state index is 4.46. The molecular formula is C18H14N2S2. The van der Waals surface area contributed by atoms with Gasteiger partial charge in [0.25, 0.3) is 0 Å². The Morgan fingerprint density at radius 1 is 0.773 bits per heavy atom. The average Bonchev–Trinajstić information content (AvgIpc) is 2.61. The van der Waals surface area contributed by atoms with Crippen molar-refractivity contribution in [1.29, 1.82) is 0 Å². The van der Waals surface area contributed by atoms with Gasteiger partial charge in [-0.1, -0.05) is 47.2 Å². The van der Waals surface area contributed by atoms with Gasteiger partial charge in [0.1, 0.15) is 0 Å². The lowest BCUT2D eigenvalue weighted by Gasteiger charge is -2.00. The summed E-state index contributed by atoms with van der Waals surface area (Å²) in [5.74, 6) is 0. The van der Waals surface area contributed by atoms with Gasteiger partial charge < -0.3 is 0 Å². The van der Waals surface area contributed by atoms with Gasteiger partial charge in [-0.2, -0.15) is 0 Å². The molecule has 2 aromatic heterocycles. The molecule has 0 aliphatic heterocycles. The van der Waals surface area contributed by atoms with Gasteiger partial charge in [-0.3, -0.25) is 9.97 Å². The fraction of sp³-hybridized carbons (Fsp3) is 0. The van der Waals surface area contributed by atoms with E-state index in [1.54, 1.807) is 6.20 Å². The minimum atomic E-state index is 0.882. The normalized spacial score (nSPS) is 11.0. The molecule has 1 aromatic carbocycles. The van der Waals surface area contributed by atoms with Crippen LogP contribution in [0.3, 0.4) is 0 Å². The number of hydrogen-bond donors (Lipinski definition) is 1. The molecule has 0 atom stereocenters. The van der Waals surface area contributed by atoms with Crippen LogP contribution in [0.15, 0.2) is 71.9 Å². The molecule has 3 aromatic rings. The second-order valence-electron chi connectivity index (χ2n) is 4.69. The maximum Gasteiger partial charge on any atom is 0.0886 e.